The number of hydrogen-bond donors (Lipinski definition) is 2. The molecule has 0 amide bonds. The van der Waals surface area contributed by atoms with Gasteiger partial charge in [-0.1, -0.05) is 109 Å². The first-order valence-corrected chi connectivity index (χ1v) is 15.6. The maximum Gasteiger partial charge on any atom is 0.321 e. The Kier molecular flexibility index (Phi) is 7.75. The summed E-state index contributed by atoms with van der Waals surface area (Å²) in [4.78, 5) is 31.5. The molecule has 0 radical (unpaired) electrons. The molecule has 0 aliphatic carbocycles. The van der Waals surface area contributed by atoms with Crippen molar-refractivity contribution in [2.45, 2.75) is 24.9 Å². The molecule has 1 unspecified atom stereocenters. The average molecular weight is 619 g/mol. The Morgan fingerprint density at radius 2 is 1.36 bits per heavy atom. The van der Waals surface area contributed by atoms with Crippen molar-refractivity contribution < 1.29 is 9.90 Å². The molecular weight excluding hydrogens is 584 g/mol. The van der Waals surface area contributed by atoms with Crippen molar-refractivity contribution in [3.8, 4) is 11.1 Å². The van der Waals surface area contributed by atoms with Crippen molar-refractivity contribution in [2.75, 3.05) is 0 Å². The van der Waals surface area contributed by atoms with Crippen molar-refractivity contribution in [1.29, 1.82) is 0 Å². The van der Waals surface area contributed by atoms with Gasteiger partial charge in [0.15, 0.2) is 0 Å². The molecule has 0 fully saturated rings. The Morgan fingerprint density at radius 1 is 0.809 bits per heavy atom. The monoisotopic (exact) mass is 618 g/mol. The lowest BCUT2D eigenvalue weighted by molar-refractivity contribution is -0.139. The van der Waals surface area contributed by atoms with Crippen LogP contribution in [0.4, 0.5) is 0 Å². The number of nitrogens with one attached hydrogen (secondary N) is 1. The number of aromatic nitrogens is 3. The van der Waals surface area contributed by atoms with Gasteiger partial charge in [0.25, 0.3) is 5.56 Å². The van der Waals surface area contributed by atoms with Crippen LogP contribution < -0.4 is 10.9 Å². The molecule has 7 aromatic rings. The van der Waals surface area contributed by atoms with E-state index in [2.05, 4.69) is 10.3 Å². The predicted octanol–water partition coefficient (Wildman–Crippen LogP) is 6.74. The molecule has 7 rings (SSSR count). The van der Waals surface area contributed by atoms with E-state index in [4.69, 9.17) is 0 Å². The highest BCUT2D eigenvalue weighted by molar-refractivity contribution is 5.91. The molecule has 2 N–H and O–H groups in total. The number of aliphatic carboxylic acids is 1. The molecule has 0 saturated heterocycles. The molecule has 3 heterocycles. The molecule has 1 atom stereocenters. The van der Waals surface area contributed by atoms with Gasteiger partial charge in [-0.25, -0.2) is 4.98 Å². The number of hydrogen-bond acceptors (Lipinski definition) is 4. The van der Waals surface area contributed by atoms with E-state index in [1.165, 1.54) is 0 Å². The van der Waals surface area contributed by atoms with E-state index < -0.39 is 17.6 Å². The third-order valence-corrected chi connectivity index (χ3v) is 9.19. The minimum absolute atomic E-state index is 0.109. The minimum atomic E-state index is -0.998. The number of pyridine rings is 2. The second-order valence-corrected chi connectivity index (χ2v) is 11.8. The van der Waals surface area contributed by atoms with Crippen LogP contribution in [-0.2, 0) is 23.8 Å². The highest BCUT2D eigenvalue weighted by Gasteiger charge is 2.40. The van der Waals surface area contributed by atoms with Gasteiger partial charge in [-0.2, -0.15) is 0 Å². The first kappa shape index (κ1) is 29.9. The highest BCUT2D eigenvalue weighted by Crippen LogP contribution is 2.38. The lowest BCUT2D eigenvalue weighted by Crippen LogP contribution is -2.53. The number of para-hydroxylation sites is 1. The zero-order chi connectivity index (χ0) is 32.5. The van der Waals surface area contributed by atoms with Gasteiger partial charge < -0.3 is 14.1 Å². The summed E-state index contributed by atoms with van der Waals surface area (Å²) in [5.74, 6) is -0.978. The Labute approximate surface area is 272 Å². The van der Waals surface area contributed by atoms with Crippen molar-refractivity contribution in [2.24, 2.45) is 7.05 Å². The maximum atomic E-state index is 13.7. The van der Waals surface area contributed by atoms with Crippen LogP contribution in [0, 0.1) is 6.92 Å². The van der Waals surface area contributed by atoms with Crippen LogP contribution in [0.2, 0.25) is 0 Å². The van der Waals surface area contributed by atoms with Crippen molar-refractivity contribution in [3.05, 3.63) is 178 Å². The molecule has 0 saturated carbocycles. The summed E-state index contributed by atoms with van der Waals surface area (Å²) in [6, 6.07) is 40.6. The van der Waals surface area contributed by atoms with Crippen molar-refractivity contribution in [1.82, 2.24) is 19.3 Å². The van der Waals surface area contributed by atoms with E-state index in [0.29, 0.717) is 16.8 Å². The van der Waals surface area contributed by atoms with Gasteiger partial charge in [-0.15, -0.1) is 0 Å². The third kappa shape index (κ3) is 5.11. The third-order valence-electron chi connectivity index (χ3n) is 9.19. The van der Waals surface area contributed by atoms with E-state index in [1.54, 1.807) is 17.8 Å². The first-order valence-electron chi connectivity index (χ1n) is 15.6. The number of carboxylic acid groups (broad SMARTS) is 1. The molecule has 3 aromatic heterocycles. The molecule has 0 aliphatic rings. The fourth-order valence-electron chi connectivity index (χ4n) is 6.89. The minimum Gasteiger partial charge on any atom is -0.480 e. The summed E-state index contributed by atoms with van der Waals surface area (Å²) in [5.41, 5.74) is 6.08. The fourth-order valence-corrected chi connectivity index (χ4v) is 6.89. The van der Waals surface area contributed by atoms with Gasteiger partial charge in [0.1, 0.15) is 11.7 Å². The molecule has 7 heteroatoms. The second-order valence-electron chi connectivity index (χ2n) is 11.8. The molecule has 47 heavy (non-hydrogen) atoms. The quantitative estimate of drug-likeness (QED) is 0.175. The summed E-state index contributed by atoms with van der Waals surface area (Å²) in [5, 5.41) is 15.4. The molecule has 232 valence electrons. The molecule has 4 aromatic carbocycles. The zero-order valence-corrected chi connectivity index (χ0v) is 26.2. The number of rotatable bonds is 9. The van der Waals surface area contributed by atoms with Gasteiger partial charge in [0.2, 0.25) is 0 Å². The molecule has 0 bridgehead atoms. The number of imidazole rings is 1. The van der Waals surface area contributed by atoms with Crippen LogP contribution in [0.3, 0.4) is 0 Å². The summed E-state index contributed by atoms with van der Waals surface area (Å²) >= 11 is 0. The van der Waals surface area contributed by atoms with Crippen LogP contribution in [0.1, 0.15) is 27.9 Å². The normalized spacial score (nSPS) is 12.4. The van der Waals surface area contributed by atoms with Crippen LogP contribution >= 0.6 is 0 Å². The summed E-state index contributed by atoms with van der Waals surface area (Å²) in [7, 11) is 1.78. The largest absolute Gasteiger partial charge is 0.480 e. The lowest BCUT2D eigenvalue weighted by atomic mass is 9.76. The molecule has 0 spiro atoms. The van der Waals surface area contributed by atoms with E-state index >= 15 is 0 Å². The Balaban J connectivity index is 1.36. The second kappa shape index (κ2) is 12.2. The standard InChI is InChI=1S/C40H34N4O3/c1-27-32-20-12-13-21-35(32)43(2)38(45)36(27)33-23-22-31(44-25-24-41-37(33)44)26-34(39(46)47)42-40(28-14-6-3-7-15-28,29-16-8-4-9-17-29)30-18-10-5-11-19-30/h3-25,34,42H,26H2,1-2H3,(H,46,47). The number of benzene rings is 4. The molecular formula is C40H34N4O3. The van der Waals surface area contributed by atoms with E-state index in [1.807, 2.05) is 145 Å². The van der Waals surface area contributed by atoms with Crippen LogP contribution in [0.15, 0.2) is 145 Å². The number of fused-ring (bicyclic) bond motifs is 2. The van der Waals surface area contributed by atoms with Crippen LogP contribution in [0.25, 0.3) is 27.7 Å². The van der Waals surface area contributed by atoms with Gasteiger partial charge >= 0.3 is 5.97 Å². The van der Waals surface area contributed by atoms with Crippen molar-refractivity contribution >= 4 is 22.5 Å². The Bertz CT molecular complexity index is 2180. The van der Waals surface area contributed by atoms with Gasteiger partial charge in [-0.05, 0) is 47.4 Å². The smallest absolute Gasteiger partial charge is 0.321 e. The van der Waals surface area contributed by atoms with Gasteiger partial charge in [-0.3, -0.25) is 14.9 Å². The lowest BCUT2D eigenvalue weighted by Gasteiger charge is -2.39. The average Bonchev–Trinajstić information content (AvgIpc) is 3.62. The van der Waals surface area contributed by atoms with Gasteiger partial charge in [0, 0.05) is 42.5 Å². The topological polar surface area (TPSA) is 88.6 Å². The number of carbonyl (C=O) groups is 1. The SMILES string of the molecule is Cc1c(-c2ccc(CC(NC(c3ccccc3)(c3ccccc3)c3ccccc3)C(=O)O)n3ccnc23)c(=O)n(C)c2ccccc12. The Morgan fingerprint density at radius 3 is 1.94 bits per heavy atom. The Hall–Kier alpha value is -5.79. The maximum absolute atomic E-state index is 13.7. The van der Waals surface area contributed by atoms with Crippen LogP contribution in [-0.4, -0.2) is 31.1 Å². The number of carboxylic acids is 1. The van der Waals surface area contributed by atoms with E-state index in [-0.39, 0.29) is 12.0 Å². The fraction of sp³-hybridized carbons (Fsp3) is 0.125. The first-order chi connectivity index (χ1) is 22.9. The zero-order valence-electron chi connectivity index (χ0n) is 26.2. The number of nitrogens with zero attached hydrogens (tertiary/aromatic N) is 3. The number of aryl methyl sites for hydroxylation is 2. The molecule has 0 aliphatic heterocycles. The van der Waals surface area contributed by atoms with E-state index in [9.17, 15) is 14.7 Å². The summed E-state index contributed by atoms with van der Waals surface area (Å²) in [6.45, 7) is 1.97. The molecule has 7 nitrogen and oxygen atoms in total. The summed E-state index contributed by atoms with van der Waals surface area (Å²) < 4.78 is 3.57. The van der Waals surface area contributed by atoms with Gasteiger partial charge in [0.05, 0.1) is 16.6 Å². The summed E-state index contributed by atoms with van der Waals surface area (Å²) in [6.07, 6.45) is 3.67. The van der Waals surface area contributed by atoms with Crippen molar-refractivity contribution in [3.63, 3.8) is 0 Å². The highest BCUT2D eigenvalue weighted by atomic mass is 16.4. The van der Waals surface area contributed by atoms with Crippen LogP contribution in [0.5, 0.6) is 0 Å². The predicted molar refractivity (Wildman–Crippen MR) is 186 cm³/mol. The van der Waals surface area contributed by atoms with E-state index in [0.717, 1.165) is 38.9 Å².